The van der Waals surface area contributed by atoms with Crippen LogP contribution >= 0.6 is 0 Å². The minimum atomic E-state index is -0.381. The number of nitrogens with zero attached hydrogens (tertiary/aromatic N) is 2. The maximum absolute atomic E-state index is 13.8. The van der Waals surface area contributed by atoms with Crippen molar-refractivity contribution in [3.05, 3.63) is 117 Å². The number of carbonyl (C=O) groups is 2. The van der Waals surface area contributed by atoms with Gasteiger partial charge < -0.3 is 14.2 Å². The molecule has 0 saturated carbocycles. The van der Waals surface area contributed by atoms with Crippen molar-refractivity contribution >= 4 is 22.8 Å². The quantitative estimate of drug-likeness (QED) is 0.287. The first-order chi connectivity index (χ1) is 18.3. The third kappa shape index (κ3) is 5.99. The third-order valence-electron chi connectivity index (χ3n) is 6.82. The summed E-state index contributed by atoms with van der Waals surface area (Å²) in [6.45, 7) is 5.69. The Morgan fingerprint density at radius 1 is 0.947 bits per heavy atom. The molecule has 7 heteroatoms. The lowest BCUT2D eigenvalue weighted by molar-refractivity contribution is -0.133. The Bertz CT molecular complexity index is 1500. The Balaban J connectivity index is 1.66. The molecule has 196 valence electrons. The van der Waals surface area contributed by atoms with Crippen LogP contribution in [0.25, 0.3) is 11.0 Å². The molecule has 0 aliphatic heterocycles. The SMILES string of the molecule is CC[C@@H](C)N(CC(=O)N(Cc1ccc(F)cc1)Cc1coc2ccccc2c1=O)C(=O)c1ccccc1C. The van der Waals surface area contributed by atoms with Crippen LogP contribution < -0.4 is 5.43 Å². The molecule has 1 heterocycles. The summed E-state index contributed by atoms with van der Waals surface area (Å²) in [6.07, 6.45) is 2.04. The molecule has 6 nitrogen and oxygen atoms in total. The number of para-hydroxylation sites is 1. The van der Waals surface area contributed by atoms with Crippen molar-refractivity contribution in [2.24, 2.45) is 0 Å². The molecule has 4 rings (SSSR count). The Labute approximate surface area is 221 Å². The summed E-state index contributed by atoms with van der Waals surface area (Å²) < 4.78 is 19.2. The maximum atomic E-state index is 13.8. The second-order valence-corrected chi connectivity index (χ2v) is 9.47. The maximum Gasteiger partial charge on any atom is 0.254 e. The highest BCUT2D eigenvalue weighted by Crippen LogP contribution is 2.18. The molecular weight excluding hydrogens is 483 g/mol. The fourth-order valence-electron chi connectivity index (χ4n) is 4.34. The molecule has 1 atom stereocenters. The van der Waals surface area contributed by atoms with E-state index in [-0.39, 0.29) is 48.7 Å². The van der Waals surface area contributed by atoms with Gasteiger partial charge in [0.05, 0.1) is 23.8 Å². The summed E-state index contributed by atoms with van der Waals surface area (Å²) in [5.74, 6) is -0.935. The number of hydrogen-bond donors (Lipinski definition) is 0. The van der Waals surface area contributed by atoms with Crippen LogP contribution in [0.3, 0.4) is 0 Å². The van der Waals surface area contributed by atoms with E-state index in [0.717, 1.165) is 5.56 Å². The van der Waals surface area contributed by atoms with Gasteiger partial charge in [-0.2, -0.15) is 0 Å². The summed E-state index contributed by atoms with van der Waals surface area (Å²) >= 11 is 0. The van der Waals surface area contributed by atoms with Gasteiger partial charge in [0.1, 0.15) is 17.9 Å². The topological polar surface area (TPSA) is 70.8 Å². The zero-order chi connectivity index (χ0) is 27.2. The summed E-state index contributed by atoms with van der Waals surface area (Å²) in [7, 11) is 0. The molecule has 1 aromatic heterocycles. The molecule has 38 heavy (non-hydrogen) atoms. The average molecular weight is 515 g/mol. The molecular formula is C31H31FN2O4. The molecule has 3 aromatic carbocycles. The van der Waals surface area contributed by atoms with Crippen LogP contribution in [-0.2, 0) is 17.9 Å². The largest absolute Gasteiger partial charge is 0.464 e. The second kappa shape index (κ2) is 11.9. The second-order valence-electron chi connectivity index (χ2n) is 9.47. The number of hydrogen-bond acceptors (Lipinski definition) is 4. The van der Waals surface area contributed by atoms with Gasteiger partial charge >= 0.3 is 0 Å². The van der Waals surface area contributed by atoms with Crippen molar-refractivity contribution in [1.29, 1.82) is 0 Å². The van der Waals surface area contributed by atoms with Gasteiger partial charge in [0, 0.05) is 18.2 Å². The Morgan fingerprint density at radius 2 is 1.63 bits per heavy atom. The smallest absolute Gasteiger partial charge is 0.254 e. The Hall–Kier alpha value is -4.26. The Kier molecular flexibility index (Phi) is 8.36. The van der Waals surface area contributed by atoms with Gasteiger partial charge in [0.2, 0.25) is 5.91 Å². The normalized spacial score (nSPS) is 11.8. The zero-order valence-electron chi connectivity index (χ0n) is 21.8. The van der Waals surface area contributed by atoms with E-state index in [1.54, 1.807) is 53.4 Å². The van der Waals surface area contributed by atoms with Crippen molar-refractivity contribution in [2.75, 3.05) is 6.54 Å². The monoisotopic (exact) mass is 514 g/mol. The number of fused-ring (bicyclic) bond motifs is 1. The molecule has 0 saturated heterocycles. The van der Waals surface area contributed by atoms with Gasteiger partial charge in [-0.05, 0) is 61.7 Å². The predicted octanol–water partition coefficient (Wildman–Crippen LogP) is 5.71. The number of halogens is 1. The molecule has 0 bridgehead atoms. The van der Waals surface area contributed by atoms with E-state index in [0.29, 0.717) is 34.1 Å². The fraction of sp³-hybridized carbons (Fsp3) is 0.258. The highest BCUT2D eigenvalue weighted by molar-refractivity contribution is 5.98. The summed E-state index contributed by atoms with van der Waals surface area (Å²) in [6, 6.07) is 19.9. The van der Waals surface area contributed by atoms with Crippen LogP contribution in [0, 0.1) is 12.7 Å². The first kappa shape index (κ1) is 26.8. The molecule has 2 amide bonds. The first-order valence-electron chi connectivity index (χ1n) is 12.7. The molecule has 0 aliphatic carbocycles. The Morgan fingerprint density at radius 3 is 2.34 bits per heavy atom. The van der Waals surface area contributed by atoms with Crippen molar-refractivity contribution in [1.82, 2.24) is 9.80 Å². The van der Waals surface area contributed by atoms with Crippen molar-refractivity contribution in [3.63, 3.8) is 0 Å². The van der Waals surface area contributed by atoms with E-state index in [9.17, 15) is 18.8 Å². The van der Waals surface area contributed by atoms with Gasteiger partial charge in [0.25, 0.3) is 5.91 Å². The molecule has 0 spiro atoms. The van der Waals surface area contributed by atoms with E-state index >= 15 is 0 Å². The third-order valence-corrected chi connectivity index (χ3v) is 6.82. The number of aryl methyl sites for hydroxylation is 1. The van der Waals surface area contributed by atoms with Crippen LogP contribution in [0.4, 0.5) is 4.39 Å². The highest BCUT2D eigenvalue weighted by Gasteiger charge is 2.27. The summed E-state index contributed by atoms with van der Waals surface area (Å²) in [4.78, 5) is 43.6. The summed E-state index contributed by atoms with van der Waals surface area (Å²) in [5, 5.41) is 0.426. The van der Waals surface area contributed by atoms with Gasteiger partial charge in [-0.15, -0.1) is 0 Å². The first-order valence-corrected chi connectivity index (χ1v) is 12.7. The molecule has 4 aromatic rings. The van der Waals surface area contributed by atoms with Gasteiger partial charge in [-0.1, -0.05) is 49.4 Å². The van der Waals surface area contributed by atoms with Crippen molar-refractivity contribution < 1.29 is 18.4 Å². The van der Waals surface area contributed by atoms with E-state index in [2.05, 4.69) is 0 Å². The zero-order valence-corrected chi connectivity index (χ0v) is 21.8. The number of carbonyl (C=O) groups excluding carboxylic acids is 2. The van der Waals surface area contributed by atoms with E-state index in [4.69, 9.17) is 4.42 Å². The number of rotatable bonds is 9. The van der Waals surface area contributed by atoms with Crippen LogP contribution in [0.15, 0.2) is 88.3 Å². The predicted molar refractivity (Wildman–Crippen MR) is 145 cm³/mol. The minimum absolute atomic E-state index is 0.0176. The highest BCUT2D eigenvalue weighted by atomic mass is 19.1. The van der Waals surface area contributed by atoms with Crippen LogP contribution in [-0.4, -0.2) is 34.2 Å². The van der Waals surface area contributed by atoms with Gasteiger partial charge in [0.15, 0.2) is 5.43 Å². The number of benzene rings is 3. The lowest BCUT2D eigenvalue weighted by Gasteiger charge is -2.31. The molecule has 0 unspecified atom stereocenters. The average Bonchev–Trinajstić information content (AvgIpc) is 2.93. The fourth-order valence-corrected chi connectivity index (χ4v) is 4.34. The lowest BCUT2D eigenvalue weighted by Crippen LogP contribution is -2.46. The molecule has 0 aliphatic rings. The molecule has 0 radical (unpaired) electrons. The summed E-state index contributed by atoms with van der Waals surface area (Å²) in [5.41, 5.74) is 2.63. The van der Waals surface area contributed by atoms with Crippen molar-refractivity contribution in [3.8, 4) is 0 Å². The molecule has 0 fully saturated rings. The van der Waals surface area contributed by atoms with Crippen LogP contribution in [0.5, 0.6) is 0 Å². The van der Waals surface area contributed by atoms with Crippen LogP contribution in [0.2, 0.25) is 0 Å². The van der Waals surface area contributed by atoms with Crippen molar-refractivity contribution in [2.45, 2.75) is 46.3 Å². The van der Waals surface area contributed by atoms with E-state index in [1.807, 2.05) is 32.9 Å². The van der Waals surface area contributed by atoms with Crippen LogP contribution in [0.1, 0.15) is 47.3 Å². The lowest BCUT2D eigenvalue weighted by atomic mass is 10.1. The van der Waals surface area contributed by atoms with E-state index in [1.165, 1.54) is 23.3 Å². The molecule has 0 N–H and O–H groups in total. The minimum Gasteiger partial charge on any atom is -0.464 e. The standard InChI is InChI=1S/C31H31FN2O4/c1-4-22(3)34(31(37)26-10-6-5-9-21(26)2)19-29(35)33(17-23-13-15-25(32)16-14-23)18-24-20-38-28-12-8-7-11-27(28)30(24)36/h5-16,20,22H,4,17-19H2,1-3H3/t22-/m1/s1. The van der Waals surface area contributed by atoms with E-state index < -0.39 is 0 Å². The number of amides is 2. The van der Waals surface area contributed by atoms with Gasteiger partial charge in [-0.25, -0.2) is 4.39 Å². The van der Waals surface area contributed by atoms with Gasteiger partial charge in [-0.3, -0.25) is 14.4 Å².